The van der Waals surface area contributed by atoms with Gasteiger partial charge in [0.15, 0.2) is 0 Å². The molecule has 0 aliphatic carbocycles. The maximum Gasteiger partial charge on any atom is 0.453 e. The number of halogens is 6. The van der Waals surface area contributed by atoms with Crippen molar-refractivity contribution in [3.8, 4) is 5.69 Å². The van der Waals surface area contributed by atoms with Gasteiger partial charge in [0.2, 0.25) is 5.95 Å². The predicted molar refractivity (Wildman–Crippen MR) is 77.6 cm³/mol. The fraction of sp³-hybridized carbons (Fsp3) is 0.385. The summed E-state index contributed by atoms with van der Waals surface area (Å²) in [5.74, 6) is -3.65. The number of rotatable bonds is 3. The number of nitrogens with two attached hydrogens (primary N) is 1. The van der Waals surface area contributed by atoms with Crippen molar-refractivity contribution in [2.24, 2.45) is 0 Å². The highest BCUT2D eigenvalue weighted by molar-refractivity contribution is 7.85. The third-order valence-electron chi connectivity index (χ3n) is 3.15. The molecule has 0 aliphatic heterocycles. The third-order valence-corrected chi connectivity index (χ3v) is 4.67. The van der Waals surface area contributed by atoms with Gasteiger partial charge in [-0.05, 0) is 31.0 Å². The van der Waals surface area contributed by atoms with Crippen LogP contribution < -0.4 is 5.73 Å². The number of nitrogen functional groups attached to an aromatic ring is 1. The molecule has 1 heterocycles. The van der Waals surface area contributed by atoms with Crippen molar-refractivity contribution in [3.05, 3.63) is 29.1 Å². The number of alkyl halides is 6. The molecule has 138 valence electrons. The van der Waals surface area contributed by atoms with Crippen LogP contribution in [-0.2, 0) is 17.0 Å². The van der Waals surface area contributed by atoms with Gasteiger partial charge in [-0.15, -0.1) is 5.10 Å². The molecular weight excluding hydrogens is 374 g/mol. The molecule has 25 heavy (non-hydrogen) atoms. The van der Waals surface area contributed by atoms with E-state index in [-0.39, 0.29) is 10.6 Å². The van der Waals surface area contributed by atoms with E-state index in [1.165, 1.54) is 19.9 Å². The number of nitrogens with zero attached hydrogens (tertiary/aromatic N) is 3. The molecule has 0 bridgehead atoms. The first-order valence-corrected chi connectivity index (χ1v) is 7.98. The SMILES string of the molecule is Cc1cc(C)c(S(=O)CC(F)(F)F)cc1-n1nc(C(F)(F)F)nc1N. The van der Waals surface area contributed by atoms with E-state index in [2.05, 4.69) is 10.1 Å². The van der Waals surface area contributed by atoms with Gasteiger partial charge < -0.3 is 5.73 Å². The van der Waals surface area contributed by atoms with Gasteiger partial charge in [0, 0.05) is 4.90 Å². The molecule has 0 fully saturated rings. The molecule has 0 aliphatic rings. The highest BCUT2D eigenvalue weighted by Gasteiger charge is 2.37. The Kier molecular flexibility index (Phi) is 4.86. The summed E-state index contributed by atoms with van der Waals surface area (Å²) in [5.41, 5.74) is 6.10. The lowest BCUT2D eigenvalue weighted by atomic mass is 10.1. The highest BCUT2D eigenvalue weighted by Crippen LogP contribution is 2.30. The lowest BCUT2D eigenvalue weighted by molar-refractivity contribution is -0.144. The maximum atomic E-state index is 12.7. The first-order valence-electron chi connectivity index (χ1n) is 6.66. The molecule has 1 atom stereocenters. The number of hydrogen-bond acceptors (Lipinski definition) is 4. The molecule has 0 saturated heterocycles. The average molecular weight is 386 g/mol. The van der Waals surface area contributed by atoms with Gasteiger partial charge >= 0.3 is 12.4 Å². The summed E-state index contributed by atoms with van der Waals surface area (Å²) < 4.78 is 88.1. The molecule has 5 nitrogen and oxygen atoms in total. The van der Waals surface area contributed by atoms with E-state index in [1.54, 1.807) is 0 Å². The van der Waals surface area contributed by atoms with Crippen LogP contribution in [0.25, 0.3) is 5.69 Å². The Bertz CT molecular complexity index is 827. The van der Waals surface area contributed by atoms with Gasteiger partial charge in [-0.3, -0.25) is 4.21 Å². The minimum Gasteiger partial charge on any atom is -0.368 e. The predicted octanol–water partition coefficient (Wildman–Crippen LogP) is 3.16. The molecule has 1 aromatic carbocycles. The average Bonchev–Trinajstić information content (AvgIpc) is 2.78. The van der Waals surface area contributed by atoms with E-state index in [1.807, 2.05) is 0 Å². The van der Waals surface area contributed by atoms with Crippen molar-refractivity contribution in [2.45, 2.75) is 31.1 Å². The summed E-state index contributed by atoms with van der Waals surface area (Å²) in [6, 6.07) is 2.48. The van der Waals surface area contributed by atoms with Gasteiger partial charge in [0.25, 0.3) is 5.82 Å². The lowest BCUT2D eigenvalue weighted by Gasteiger charge is -2.13. The van der Waals surface area contributed by atoms with E-state index in [4.69, 9.17) is 5.73 Å². The molecule has 0 saturated carbocycles. The maximum absolute atomic E-state index is 12.7. The topological polar surface area (TPSA) is 73.8 Å². The first kappa shape index (κ1) is 19.2. The molecule has 0 spiro atoms. The van der Waals surface area contributed by atoms with E-state index >= 15 is 0 Å². The molecule has 2 N–H and O–H groups in total. The quantitative estimate of drug-likeness (QED) is 0.823. The Morgan fingerprint density at radius 3 is 2.20 bits per heavy atom. The Hall–Kier alpha value is -2.11. The number of anilines is 1. The molecule has 12 heteroatoms. The zero-order valence-electron chi connectivity index (χ0n) is 12.9. The monoisotopic (exact) mass is 386 g/mol. The van der Waals surface area contributed by atoms with Crippen LogP contribution in [0.2, 0.25) is 0 Å². The van der Waals surface area contributed by atoms with Crippen LogP contribution in [0.4, 0.5) is 32.3 Å². The van der Waals surface area contributed by atoms with Crippen LogP contribution in [0.5, 0.6) is 0 Å². The van der Waals surface area contributed by atoms with Crippen LogP contribution in [0.1, 0.15) is 17.0 Å². The minimum atomic E-state index is -4.83. The van der Waals surface area contributed by atoms with E-state index in [0.717, 1.165) is 6.07 Å². The van der Waals surface area contributed by atoms with Crippen molar-refractivity contribution >= 4 is 16.7 Å². The van der Waals surface area contributed by atoms with Crippen molar-refractivity contribution < 1.29 is 30.6 Å². The number of aromatic nitrogens is 3. The molecule has 0 amide bonds. The van der Waals surface area contributed by atoms with Gasteiger partial charge in [-0.1, -0.05) is 6.07 Å². The number of hydrogen-bond donors (Lipinski definition) is 1. The van der Waals surface area contributed by atoms with Crippen LogP contribution in [0.3, 0.4) is 0 Å². The molecule has 2 rings (SSSR count). The Morgan fingerprint density at radius 2 is 1.72 bits per heavy atom. The van der Waals surface area contributed by atoms with Crippen LogP contribution in [-0.4, -0.2) is 30.9 Å². The van der Waals surface area contributed by atoms with E-state index in [0.29, 0.717) is 15.8 Å². The van der Waals surface area contributed by atoms with Crippen molar-refractivity contribution in [2.75, 3.05) is 11.5 Å². The summed E-state index contributed by atoms with van der Waals surface area (Å²) >= 11 is 0. The highest BCUT2D eigenvalue weighted by atomic mass is 32.2. The zero-order valence-corrected chi connectivity index (χ0v) is 13.7. The van der Waals surface area contributed by atoms with Crippen molar-refractivity contribution in [1.82, 2.24) is 14.8 Å². The second-order valence-corrected chi connectivity index (χ2v) is 6.63. The third kappa shape index (κ3) is 4.30. The fourth-order valence-corrected chi connectivity index (χ4v) is 3.26. The molecule has 1 aromatic heterocycles. The zero-order chi connectivity index (χ0) is 19.2. The largest absolute Gasteiger partial charge is 0.453 e. The van der Waals surface area contributed by atoms with Crippen LogP contribution >= 0.6 is 0 Å². The van der Waals surface area contributed by atoms with Crippen molar-refractivity contribution in [3.63, 3.8) is 0 Å². The molecular formula is C13H12F6N4OS. The second kappa shape index (κ2) is 6.32. The summed E-state index contributed by atoms with van der Waals surface area (Å²) in [6.07, 6.45) is -9.49. The Labute approximate surface area is 140 Å². The first-order chi connectivity index (χ1) is 11.3. The van der Waals surface area contributed by atoms with E-state index in [9.17, 15) is 30.6 Å². The lowest BCUT2D eigenvalue weighted by Crippen LogP contribution is -2.19. The number of benzene rings is 1. The second-order valence-electron chi connectivity index (χ2n) is 5.21. The molecule has 2 aromatic rings. The Morgan fingerprint density at radius 1 is 1.12 bits per heavy atom. The Balaban J connectivity index is 2.55. The van der Waals surface area contributed by atoms with Crippen molar-refractivity contribution in [1.29, 1.82) is 0 Å². The minimum absolute atomic E-state index is 0.0309. The van der Waals surface area contributed by atoms with Crippen LogP contribution in [0, 0.1) is 13.8 Å². The normalized spacial score (nSPS) is 13.9. The van der Waals surface area contributed by atoms with Gasteiger partial charge in [0.1, 0.15) is 5.75 Å². The van der Waals surface area contributed by atoms with E-state index < -0.39 is 40.7 Å². The van der Waals surface area contributed by atoms with Gasteiger partial charge in [-0.2, -0.15) is 36.0 Å². The summed E-state index contributed by atoms with van der Waals surface area (Å²) in [4.78, 5) is 2.94. The fourth-order valence-electron chi connectivity index (χ4n) is 2.14. The van der Waals surface area contributed by atoms with Gasteiger partial charge in [0.05, 0.1) is 16.5 Å². The van der Waals surface area contributed by atoms with Crippen LogP contribution in [0.15, 0.2) is 17.0 Å². The number of aryl methyl sites for hydroxylation is 2. The summed E-state index contributed by atoms with van der Waals surface area (Å²) in [7, 11) is -2.42. The standard InChI is InChI=1S/C13H12F6N4OS/c1-6-3-7(2)9(25(24)5-12(14,15)16)4-8(6)23-11(20)21-10(22-23)13(17,18)19/h3-4H,5H2,1-2H3,(H2,20,21,22). The van der Waals surface area contributed by atoms with Gasteiger partial charge in [-0.25, -0.2) is 0 Å². The molecule has 1 unspecified atom stereocenters. The summed E-state index contributed by atoms with van der Waals surface area (Å²) in [5, 5.41) is 3.25. The smallest absolute Gasteiger partial charge is 0.368 e. The molecule has 0 radical (unpaired) electrons. The summed E-state index contributed by atoms with van der Waals surface area (Å²) in [6.45, 7) is 2.96.